The quantitative estimate of drug-likeness (QED) is 0.385. The van der Waals surface area contributed by atoms with Crippen LogP contribution < -0.4 is 33.8 Å². The molecule has 0 N–H and O–H groups in total. The maximum atomic E-state index is 13.4. The second kappa shape index (κ2) is 9.51. The van der Waals surface area contributed by atoms with Crippen molar-refractivity contribution in [3.63, 3.8) is 0 Å². The third-order valence-corrected chi connectivity index (χ3v) is 4.57. The molecule has 0 fully saturated rings. The van der Waals surface area contributed by atoms with E-state index >= 15 is 0 Å². The molecule has 0 aliphatic rings. The molecule has 0 radical (unpaired) electrons. The van der Waals surface area contributed by atoms with Crippen LogP contribution in [-0.2, 0) is 9.59 Å². The fraction of sp³-hybridized carbons (Fsp3) is 0.261. The highest BCUT2D eigenvalue weighted by atomic mass is 16.6. The zero-order chi connectivity index (χ0) is 24.3. The van der Waals surface area contributed by atoms with Crippen molar-refractivity contribution < 1.29 is 42.4 Å². The van der Waals surface area contributed by atoms with E-state index in [0.717, 1.165) is 0 Å². The average molecular weight is 458 g/mol. The largest absolute Gasteiger partial charge is 0.496 e. The highest BCUT2D eigenvalue weighted by molar-refractivity contribution is 5.94. The number of hydrogen-bond acceptors (Lipinski definition) is 10. The molecule has 0 unspecified atom stereocenters. The molecule has 0 atom stereocenters. The SMILES string of the molecule is COc1cc(-c2oc3c(OC)c(OC(C)=O)cc(OC)c3c(=O)c2OC)ccc1OC(C)=O. The van der Waals surface area contributed by atoms with Gasteiger partial charge >= 0.3 is 11.9 Å². The van der Waals surface area contributed by atoms with Gasteiger partial charge in [-0.2, -0.15) is 0 Å². The van der Waals surface area contributed by atoms with Crippen LogP contribution in [0.4, 0.5) is 0 Å². The molecule has 174 valence electrons. The Bertz CT molecular complexity index is 1290. The van der Waals surface area contributed by atoms with Gasteiger partial charge in [0.15, 0.2) is 28.6 Å². The Kier molecular flexibility index (Phi) is 6.76. The van der Waals surface area contributed by atoms with E-state index in [2.05, 4.69) is 0 Å². The van der Waals surface area contributed by atoms with Crippen molar-refractivity contribution in [3.8, 4) is 45.8 Å². The molecule has 0 bridgehead atoms. The van der Waals surface area contributed by atoms with Crippen molar-refractivity contribution in [2.24, 2.45) is 0 Å². The Labute approximate surface area is 188 Å². The first-order valence-corrected chi connectivity index (χ1v) is 9.60. The number of benzene rings is 2. The number of carbonyl (C=O) groups is 2. The van der Waals surface area contributed by atoms with E-state index in [1.54, 1.807) is 6.07 Å². The smallest absolute Gasteiger partial charge is 0.308 e. The molecule has 0 spiro atoms. The normalized spacial score (nSPS) is 10.5. The van der Waals surface area contributed by atoms with E-state index in [0.29, 0.717) is 5.56 Å². The van der Waals surface area contributed by atoms with Crippen molar-refractivity contribution in [1.82, 2.24) is 0 Å². The summed E-state index contributed by atoms with van der Waals surface area (Å²) in [4.78, 5) is 36.3. The molecule has 0 amide bonds. The molecule has 1 aromatic heterocycles. The molecule has 2 aromatic carbocycles. The maximum Gasteiger partial charge on any atom is 0.308 e. The van der Waals surface area contributed by atoms with E-state index in [4.69, 9.17) is 32.8 Å². The van der Waals surface area contributed by atoms with Gasteiger partial charge in [-0.1, -0.05) is 0 Å². The molecule has 0 saturated heterocycles. The van der Waals surface area contributed by atoms with Gasteiger partial charge in [-0.15, -0.1) is 0 Å². The Morgan fingerprint density at radius 1 is 0.727 bits per heavy atom. The third-order valence-electron chi connectivity index (χ3n) is 4.57. The van der Waals surface area contributed by atoms with Crippen LogP contribution in [-0.4, -0.2) is 40.4 Å². The lowest BCUT2D eigenvalue weighted by Crippen LogP contribution is -2.11. The molecule has 0 aliphatic heterocycles. The molecule has 10 nitrogen and oxygen atoms in total. The van der Waals surface area contributed by atoms with Crippen LogP contribution in [0.15, 0.2) is 33.5 Å². The van der Waals surface area contributed by atoms with Crippen molar-refractivity contribution in [2.75, 3.05) is 28.4 Å². The first kappa shape index (κ1) is 23.5. The zero-order valence-corrected chi connectivity index (χ0v) is 18.9. The fourth-order valence-corrected chi connectivity index (χ4v) is 3.28. The summed E-state index contributed by atoms with van der Waals surface area (Å²) >= 11 is 0. The lowest BCUT2D eigenvalue weighted by molar-refractivity contribution is -0.132. The number of hydrogen-bond donors (Lipinski definition) is 0. The van der Waals surface area contributed by atoms with Crippen LogP contribution in [0.1, 0.15) is 13.8 Å². The second-order valence-corrected chi connectivity index (χ2v) is 6.66. The minimum Gasteiger partial charge on any atom is -0.496 e. The highest BCUT2D eigenvalue weighted by Crippen LogP contribution is 2.44. The zero-order valence-electron chi connectivity index (χ0n) is 18.9. The second-order valence-electron chi connectivity index (χ2n) is 6.66. The van der Waals surface area contributed by atoms with Crippen LogP contribution in [0.5, 0.6) is 34.5 Å². The highest BCUT2D eigenvalue weighted by Gasteiger charge is 2.26. The summed E-state index contributed by atoms with van der Waals surface area (Å²) in [6, 6.07) is 5.93. The van der Waals surface area contributed by atoms with Gasteiger partial charge in [0.2, 0.25) is 16.9 Å². The molecule has 1 heterocycles. The Hall–Kier alpha value is -4.21. The summed E-state index contributed by atoms with van der Waals surface area (Å²) in [6.07, 6.45) is 0. The average Bonchev–Trinajstić information content (AvgIpc) is 2.77. The molecular weight excluding hydrogens is 436 g/mol. The van der Waals surface area contributed by atoms with Crippen LogP contribution >= 0.6 is 0 Å². The molecule has 3 aromatic rings. The van der Waals surface area contributed by atoms with Crippen LogP contribution in [0.2, 0.25) is 0 Å². The summed E-state index contributed by atoms with van der Waals surface area (Å²) in [7, 11) is 5.43. The molecule has 3 rings (SSSR count). The van der Waals surface area contributed by atoms with Crippen molar-refractivity contribution >= 4 is 22.9 Å². The lowest BCUT2D eigenvalue weighted by atomic mass is 10.1. The van der Waals surface area contributed by atoms with Gasteiger partial charge in [-0.25, -0.2) is 0 Å². The van der Waals surface area contributed by atoms with Crippen LogP contribution in [0, 0.1) is 0 Å². The van der Waals surface area contributed by atoms with Gasteiger partial charge < -0.3 is 32.8 Å². The van der Waals surface area contributed by atoms with Gasteiger partial charge in [0.05, 0.1) is 28.4 Å². The Morgan fingerprint density at radius 3 is 1.88 bits per heavy atom. The number of esters is 2. The molecule has 0 aliphatic carbocycles. The summed E-state index contributed by atoms with van der Waals surface area (Å²) in [5.41, 5.74) is -0.171. The summed E-state index contributed by atoms with van der Waals surface area (Å²) in [5, 5.41) is 0.0364. The molecule has 10 heteroatoms. The standard InChI is InChI=1S/C23H22O10/c1-11(24)31-14-8-7-13(9-15(14)27-3)20-23(30-6)19(26)18-16(28-4)10-17(32-12(2)25)21(29-5)22(18)33-20/h7-10H,1-6H3. The number of fused-ring (bicyclic) bond motifs is 1. The van der Waals surface area contributed by atoms with Crippen molar-refractivity contribution in [2.45, 2.75) is 13.8 Å². The van der Waals surface area contributed by atoms with Gasteiger partial charge in [-0.3, -0.25) is 14.4 Å². The topological polar surface area (TPSA) is 120 Å². The predicted octanol–water partition coefficient (Wildman–Crippen LogP) is 3.35. The summed E-state index contributed by atoms with van der Waals surface area (Å²) in [6.45, 7) is 2.49. The van der Waals surface area contributed by atoms with Gasteiger partial charge in [0, 0.05) is 25.5 Å². The Morgan fingerprint density at radius 2 is 1.33 bits per heavy atom. The first-order chi connectivity index (χ1) is 15.7. The summed E-state index contributed by atoms with van der Waals surface area (Å²) < 4.78 is 37.8. The van der Waals surface area contributed by atoms with Gasteiger partial charge in [0.1, 0.15) is 11.1 Å². The van der Waals surface area contributed by atoms with Crippen molar-refractivity contribution in [1.29, 1.82) is 0 Å². The molecular formula is C23H22O10. The molecule has 33 heavy (non-hydrogen) atoms. The number of ether oxygens (including phenoxy) is 6. The van der Waals surface area contributed by atoms with Gasteiger partial charge in [0.25, 0.3) is 0 Å². The predicted molar refractivity (Wildman–Crippen MR) is 117 cm³/mol. The number of carbonyl (C=O) groups excluding carboxylic acids is 2. The third kappa shape index (κ3) is 4.40. The fourth-order valence-electron chi connectivity index (χ4n) is 3.28. The van der Waals surface area contributed by atoms with E-state index < -0.39 is 17.4 Å². The van der Waals surface area contributed by atoms with E-state index in [1.807, 2.05) is 0 Å². The van der Waals surface area contributed by atoms with Crippen LogP contribution in [0.25, 0.3) is 22.3 Å². The monoisotopic (exact) mass is 458 g/mol. The minimum atomic E-state index is -0.600. The minimum absolute atomic E-state index is 0.0106. The molecule has 0 saturated carbocycles. The van der Waals surface area contributed by atoms with Crippen LogP contribution in [0.3, 0.4) is 0 Å². The maximum absolute atomic E-state index is 13.4. The summed E-state index contributed by atoms with van der Waals surface area (Å²) in [5.74, 6) is -0.640. The Balaban J connectivity index is 2.38. The van der Waals surface area contributed by atoms with Crippen molar-refractivity contribution in [3.05, 3.63) is 34.5 Å². The van der Waals surface area contributed by atoms with E-state index in [9.17, 15) is 14.4 Å². The number of methoxy groups -OCH3 is 4. The number of rotatable bonds is 7. The lowest BCUT2D eigenvalue weighted by Gasteiger charge is -2.16. The van der Waals surface area contributed by atoms with Gasteiger partial charge in [-0.05, 0) is 18.2 Å². The van der Waals surface area contributed by atoms with E-state index in [-0.39, 0.29) is 51.2 Å². The first-order valence-electron chi connectivity index (χ1n) is 9.60. The van der Waals surface area contributed by atoms with E-state index in [1.165, 1.54) is 60.5 Å².